The highest BCUT2D eigenvalue weighted by atomic mass is 19.1. The van der Waals surface area contributed by atoms with Crippen molar-refractivity contribution in [2.75, 3.05) is 0 Å². The highest BCUT2D eigenvalue weighted by Crippen LogP contribution is 2.13. The molecule has 0 saturated heterocycles. The van der Waals surface area contributed by atoms with E-state index in [1.807, 2.05) is 0 Å². The predicted molar refractivity (Wildman–Crippen MR) is 71.5 cm³/mol. The summed E-state index contributed by atoms with van der Waals surface area (Å²) in [4.78, 5) is 33.5. The van der Waals surface area contributed by atoms with Crippen LogP contribution in [0.15, 0.2) is 36.5 Å². The van der Waals surface area contributed by atoms with E-state index in [0.29, 0.717) is 5.56 Å². The van der Waals surface area contributed by atoms with Crippen LogP contribution in [0.5, 0.6) is 0 Å². The zero-order valence-corrected chi connectivity index (χ0v) is 11.3. The topological polar surface area (TPSA) is 76.4 Å². The summed E-state index contributed by atoms with van der Waals surface area (Å²) in [7, 11) is 0. The maximum Gasteiger partial charge on any atom is 0.372 e. The van der Waals surface area contributed by atoms with Gasteiger partial charge in [-0.25, -0.2) is 13.6 Å². The largest absolute Gasteiger partial charge is 0.475 e. The molecule has 1 heterocycles. The Labute approximate surface area is 123 Å². The van der Waals surface area contributed by atoms with Crippen molar-refractivity contribution in [2.45, 2.75) is 13.0 Å². The van der Waals surface area contributed by atoms with E-state index in [2.05, 4.69) is 0 Å². The molecule has 0 saturated carbocycles. The SMILES string of the molecule is O=C(O)C(=O)CC(=O)c1cccn1Cc1cc(F)cc(F)c1. The summed E-state index contributed by atoms with van der Waals surface area (Å²) in [5.74, 6) is -5.05. The third-order valence-corrected chi connectivity index (χ3v) is 2.95. The van der Waals surface area contributed by atoms with Gasteiger partial charge in [0.2, 0.25) is 5.78 Å². The minimum absolute atomic E-state index is 0.0179. The third kappa shape index (κ3) is 3.63. The number of carbonyl (C=O) groups is 3. The van der Waals surface area contributed by atoms with Crippen molar-refractivity contribution >= 4 is 17.5 Å². The first kappa shape index (κ1) is 15.6. The van der Waals surface area contributed by atoms with E-state index >= 15 is 0 Å². The van der Waals surface area contributed by atoms with Gasteiger partial charge in [-0.15, -0.1) is 0 Å². The summed E-state index contributed by atoms with van der Waals surface area (Å²) in [5.41, 5.74) is 0.395. The first-order valence-corrected chi connectivity index (χ1v) is 6.26. The average molecular weight is 307 g/mol. The molecule has 1 N–H and O–H groups in total. The number of ketones is 2. The number of rotatable bonds is 6. The lowest BCUT2D eigenvalue weighted by molar-refractivity contribution is -0.148. The van der Waals surface area contributed by atoms with Crippen molar-refractivity contribution in [3.63, 3.8) is 0 Å². The van der Waals surface area contributed by atoms with Crippen molar-refractivity contribution < 1.29 is 28.3 Å². The second kappa shape index (κ2) is 6.30. The summed E-state index contributed by atoms with van der Waals surface area (Å²) in [6.45, 7) is 0.0179. The van der Waals surface area contributed by atoms with Crippen LogP contribution in [0.2, 0.25) is 0 Å². The molecular weight excluding hydrogens is 296 g/mol. The molecule has 0 aliphatic heterocycles. The fraction of sp³-hybridized carbons (Fsp3) is 0.133. The summed E-state index contributed by atoms with van der Waals surface area (Å²) in [6, 6.07) is 5.91. The van der Waals surface area contributed by atoms with Crippen LogP contribution < -0.4 is 0 Å². The molecule has 2 rings (SSSR count). The zero-order valence-electron chi connectivity index (χ0n) is 11.3. The summed E-state index contributed by atoms with van der Waals surface area (Å²) in [6.07, 6.45) is 0.734. The smallest absolute Gasteiger partial charge is 0.372 e. The number of hydrogen-bond acceptors (Lipinski definition) is 3. The minimum Gasteiger partial charge on any atom is -0.475 e. The maximum atomic E-state index is 13.2. The van der Waals surface area contributed by atoms with E-state index in [0.717, 1.165) is 18.2 Å². The summed E-state index contributed by atoms with van der Waals surface area (Å²) in [5, 5.41) is 8.50. The molecule has 0 fully saturated rings. The van der Waals surface area contributed by atoms with Gasteiger partial charge >= 0.3 is 5.97 Å². The van der Waals surface area contributed by atoms with Crippen LogP contribution in [0.1, 0.15) is 22.5 Å². The molecular formula is C15H11F2NO4. The van der Waals surface area contributed by atoms with Crippen molar-refractivity contribution in [1.82, 2.24) is 4.57 Å². The van der Waals surface area contributed by atoms with Gasteiger partial charge in [0.05, 0.1) is 12.1 Å². The molecule has 114 valence electrons. The average Bonchev–Trinajstić information content (AvgIpc) is 2.85. The Morgan fingerprint density at radius 1 is 1.09 bits per heavy atom. The van der Waals surface area contributed by atoms with E-state index in [1.165, 1.54) is 22.9 Å². The molecule has 0 amide bonds. The molecule has 0 spiro atoms. The van der Waals surface area contributed by atoms with Crippen LogP contribution in [-0.2, 0) is 16.1 Å². The van der Waals surface area contributed by atoms with Gasteiger partial charge in [-0.2, -0.15) is 0 Å². The molecule has 22 heavy (non-hydrogen) atoms. The number of aromatic nitrogens is 1. The predicted octanol–water partition coefficient (Wildman–Crippen LogP) is 2.04. The lowest BCUT2D eigenvalue weighted by Crippen LogP contribution is -2.19. The molecule has 5 nitrogen and oxygen atoms in total. The Kier molecular flexibility index (Phi) is 4.45. The molecule has 7 heteroatoms. The first-order chi connectivity index (χ1) is 10.4. The lowest BCUT2D eigenvalue weighted by atomic mass is 10.1. The van der Waals surface area contributed by atoms with Crippen molar-refractivity contribution in [3.8, 4) is 0 Å². The molecule has 0 unspecified atom stereocenters. The number of carboxylic acids is 1. The van der Waals surface area contributed by atoms with Gasteiger partial charge in [0.15, 0.2) is 5.78 Å². The number of carboxylic acid groups (broad SMARTS) is 1. The van der Waals surface area contributed by atoms with E-state index in [4.69, 9.17) is 5.11 Å². The van der Waals surface area contributed by atoms with Gasteiger partial charge < -0.3 is 9.67 Å². The Morgan fingerprint density at radius 3 is 2.32 bits per heavy atom. The number of nitrogens with zero attached hydrogens (tertiary/aromatic N) is 1. The number of carbonyl (C=O) groups excluding carboxylic acids is 2. The fourth-order valence-corrected chi connectivity index (χ4v) is 2.02. The van der Waals surface area contributed by atoms with Crippen LogP contribution >= 0.6 is 0 Å². The Morgan fingerprint density at radius 2 is 1.73 bits per heavy atom. The molecule has 0 aliphatic carbocycles. The fourth-order valence-electron chi connectivity index (χ4n) is 2.02. The lowest BCUT2D eigenvalue weighted by Gasteiger charge is -2.08. The monoisotopic (exact) mass is 307 g/mol. The Balaban J connectivity index is 2.20. The Hall–Kier alpha value is -2.83. The number of halogens is 2. The second-order valence-corrected chi connectivity index (χ2v) is 4.63. The Bertz CT molecular complexity index is 732. The molecule has 0 aliphatic rings. The molecule has 0 radical (unpaired) electrons. The number of aliphatic carboxylic acids is 1. The number of benzene rings is 1. The van der Waals surface area contributed by atoms with Gasteiger partial charge in [0.25, 0.3) is 0 Å². The van der Waals surface area contributed by atoms with Crippen molar-refractivity contribution in [3.05, 3.63) is 59.4 Å². The van der Waals surface area contributed by atoms with Crippen molar-refractivity contribution in [1.29, 1.82) is 0 Å². The highest BCUT2D eigenvalue weighted by Gasteiger charge is 2.20. The molecule has 1 aromatic carbocycles. The zero-order chi connectivity index (χ0) is 16.3. The standard InChI is InChI=1S/C15H11F2NO4/c16-10-4-9(5-11(17)6-10)8-18-3-1-2-12(18)13(19)7-14(20)15(21)22/h1-6H,7-8H2,(H,21,22). The van der Waals surface area contributed by atoms with E-state index < -0.39 is 35.6 Å². The van der Waals surface area contributed by atoms with Crippen LogP contribution in [0, 0.1) is 11.6 Å². The summed E-state index contributed by atoms with van der Waals surface area (Å²) >= 11 is 0. The van der Waals surface area contributed by atoms with E-state index in [9.17, 15) is 23.2 Å². The molecule has 2 aromatic rings. The van der Waals surface area contributed by atoms with E-state index in [1.54, 1.807) is 0 Å². The number of Topliss-reactive ketones (excluding diaryl/α,β-unsaturated/α-hetero) is 2. The van der Waals surface area contributed by atoms with Crippen LogP contribution in [0.3, 0.4) is 0 Å². The highest BCUT2D eigenvalue weighted by molar-refractivity contribution is 6.37. The normalized spacial score (nSPS) is 10.5. The van der Waals surface area contributed by atoms with Gasteiger partial charge in [-0.3, -0.25) is 9.59 Å². The van der Waals surface area contributed by atoms with Gasteiger partial charge in [0.1, 0.15) is 11.6 Å². The second-order valence-electron chi connectivity index (χ2n) is 4.63. The van der Waals surface area contributed by atoms with Crippen LogP contribution in [0.4, 0.5) is 8.78 Å². The van der Waals surface area contributed by atoms with Crippen molar-refractivity contribution in [2.24, 2.45) is 0 Å². The molecule has 0 bridgehead atoms. The minimum atomic E-state index is -1.68. The number of hydrogen-bond donors (Lipinski definition) is 1. The van der Waals surface area contributed by atoms with Crippen LogP contribution in [0.25, 0.3) is 0 Å². The van der Waals surface area contributed by atoms with Crippen LogP contribution in [-0.4, -0.2) is 27.2 Å². The van der Waals surface area contributed by atoms with Gasteiger partial charge in [-0.05, 0) is 29.8 Å². The summed E-state index contributed by atoms with van der Waals surface area (Å²) < 4.78 is 27.7. The quantitative estimate of drug-likeness (QED) is 0.503. The van der Waals surface area contributed by atoms with Gasteiger partial charge in [-0.1, -0.05) is 0 Å². The van der Waals surface area contributed by atoms with E-state index in [-0.39, 0.29) is 12.2 Å². The third-order valence-electron chi connectivity index (χ3n) is 2.95. The van der Waals surface area contributed by atoms with Gasteiger partial charge in [0, 0.05) is 18.8 Å². The first-order valence-electron chi connectivity index (χ1n) is 6.26. The molecule has 0 atom stereocenters. The molecule has 1 aromatic heterocycles. The maximum absolute atomic E-state index is 13.2.